The molecule has 0 unspecified atom stereocenters. The lowest BCUT2D eigenvalue weighted by Gasteiger charge is -2.34. The Labute approximate surface area is 186 Å². The summed E-state index contributed by atoms with van der Waals surface area (Å²) in [7, 11) is -3.57. The monoisotopic (exact) mass is 456 g/mol. The van der Waals surface area contributed by atoms with E-state index in [1.165, 1.54) is 9.21 Å². The number of fused-ring (bicyclic) bond motifs is 1. The summed E-state index contributed by atoms with van der Waals surface area (Å²) in [5.74, 6) is -0.625. The Balaban J connectivity index is 1.22. The van der Waals surface area contributed by atoms with Crippen LogP contribution in [0.25, 0.3) is 0 Å². The quantitative estimate of drug-likeness (QED) is 0.522. The fourth-order valence-corrected chi connectivity index (χ4v) is 5.30. The topological polar surface area (TPSA) is 107 Å². The number of nitrogens with zero attached hydrogens (tertiary/aromatic N) is 3. The Morgan fingerprint density at radius 3 is 2.00 bits per heavy atom. The highest BCUT2D eigenvalue weighted by atomic mass is 32.2. The van der Waals surface area contributed by atoms with Crippen LogP contribution in [0.1, 0.15) is 27.1 Å². The minimum atomic E-state index is -3.57. The highest BCUT2D eigenvalue weighted by molar-refractivity contribution is 7.89. The maximum absolute atomic E-state index is 12.7. The number of piperazine rings is 1. The van der Waals surface area contributed by atoms with Crippen molar-refractivity contribution < 1.29 is 22.8 Å². The molecule has 1 N–H and O–H groups in total. The molecule has 2 aliphatic heterocycles. The number of urea groups is 1. The lowest BCUT2D eigenvalue weighted by atomic mass is 10.1. The molecule has 0 radical (unpaired) electrons. The van der Waals surface area contributed by atoms with Crippen LogP contribution in [0.15, 0.2) is 59.5 Å². The van der Waals surface area contributed by atoms with Gasteiger partial charge in [-0.3, -0.25) is 14.5 Å². The molecule has 0 spiro atoms. The number of sulfonamides is 1. The summed E-state index contributed by atoms with van der Waals surface area (Å²) < 4.78 is 26.7. The summed E-state index contributed by atoms with van der Waals surface area (Å²) in [6, 6.07) is 14.7. The number of imide groups is 1. The highest BCUT2D eigenvalue weighted by Gasteiger charge is 2.34. The summed E-state index contributed by atoms with van der Waals surface area (Å²) in [4.78, 5) is 40.1. The Bertz CT molecular complexity index is 1090. The zero-order chi connectivity index (χ0) is 22.7. The fourth-order valence-electron chi connectivity index (χ4n) is 3.86. The average Bonchev–Trinajstić information content (AvgIpc) is 3.07. The lowest BCUT2D eigenvalue weighted by molar-refractivity contribution is 0.0653. The molecule has 0 saturated carbocycles. The van der Waals surface area contributed by atoms with E-state index in [9.17, 15) is 22.8 Å². The Morgan fingerprint density at radius 1 is 0.844 bits per heavy atom. The molecule has 2 aliphatic rings. The van der Waals surface area contributed by atoms with Crippen molar-refractivity contribution in [1.29, 1.82) is 0 Å². The van der Waals surface area contributed by atoms with E-state index < -0.39 is 10.0 Å². The first-order valence-corrected chi connectivity index (χ1v) is 11.9. The zero-order valence-corrected chi connectivity index (χ0v) is 18.3. The smallest absolute Gasteiger partial charge is 0.317 e. The number of carbonyl (C=O) groups excluding carboxylic acids is 3. The molecule has 9 nitrogen and oxygen atoms in total. The summed E-state index contributed by atoms with van der Waals surface area (Å²) in [6.45, 7) is 1.54. The number of benzene rings is 2. The SMILES string of the molecule is O=C(NCCCN1C(=O)c2ccccc2C1=O)N1CCN(S(=O)(=O)c2ccccc2)CC1. The normalized spacial score (nSPS) is 16.9. The summed E-state index contributed by atoms with van der Waals surface area (Å²) in [5.41, 5.74) is 0.815. The van der Waals surface area contributed by atoms with Crippen molar-refractivity contribution in [2.24, 2.45) is 0 Å². The molecule has 10 heteroatoms. The number of rotatable bonds is 6. The van der Waals surface area contributed by atoms with Crippen LogP contribution in [0.5, 0.6) is 0 Å². The van der Waals surface area contributed by atoms with E-state index in [1.54, 1.807) is 59.5 Å². The van der Waals surface area contributed by atoms with Crippen LogP contribution in [-0.4, -0.2) is 79.6 Å². The molecule has 2 aromatic rings. The molecular formula is C22H24N4O5S. The summed E-state index contributed by atoms with van der Waals surface area (Å²) in [5, 5.41) is 2.78. The largest absolute Gasteiger partial charge is 0.338 e. The second-order valence-electron chi connectivity index (χ2n) is 7.60. The minimum Gasteiger partial charge on any atom is -0.338 e. The molecule has 32 heavy (non-hydrogen) atoms. The molecule has 4 rings (SSSR count). The van der Waals surface area contributed by atoms with E-state index in [0.717, 1.165) is 0 Å². The first kappa shape index (κ1) is 22.0. The van der Waals surface area contributed by atoms with Crippen LogP contribution in [-0.2, 0) is 10.0 Å². The molecule has 1 saturated heterocycles. The van der Waals surface area contributed by atoms with Gasteiger partial charge >= 0.3 is 6.03 Å². The van der Waals surface area contributed by atoms with Crippen molar-refractivity contribution in [1.82, 2.24) is 19.4 Å². The van der Waals surface area contributed by atoms with Gasteiger partial charge in [0.1, 0.15) is 0 Å². The molecule has 0 aliphatic carbocycles. The summed E-state index contributed by atoms with van der Waals surface area (Å²) >= 11 is 0. The van der Waals surface area contributed by atoms with E-state index in [1.807, 2.05) is 0 Å². The molecule has 2 heterocycles. The van der Waals surface area contributed by atoms with E-state index in [2.05, 4.69) is 5.32 Å². The van der Waals surface area contributed by atoms with Crippen LogP contribution in [0, 0.1) is 0 Å². The third-order valence-corrected chi connectivity index (χ3v) is 7.53. The molecule has 0 bridgehead atoms. The van der Waals surface area contributed by atoms with Crippen molar-refractivity contribution in [2.45, 2.75) is 11.3 Å². The third-order valence-electron chi connectivity index (χ3n) is 5.62. The first-order chi connectivity index (χ1) is 15.4. The lowest BCUT2D eigenvalue weighted by Crippen LogP contribution is -2.53. The maximum atomic E-state index is 12.7. The Hall–Kier alpha value is -3.24. The van der Waals surface area contributed by atoms with E-state index in [4.69, 9.17) is 0 Å². The van der Waals surface area contributed by atoms with E-state index >= 15 is 0 Å². The molecule has 0 atom stereocenters. The predicted molar refractivity (Wildman–Crippen MR) is 117 cm³/mol. The standard InChI is InChI=1S/C22H24N4O5S/c27-20-18-9-4-5-10-19(18)21(28)26(20)12-6-11-23-22(29)24-13-15-25(16-14-24)32(30,31)17-7-2-1-3-8-17/h1-5,7-10H,6,11-16H2,(H,23,29). The van der Waals surface area contributed by atoms with Gasteiger partial charge in [-0.2, -0.15) is 4.31 Å². The zero-order valence-electron chi connectivity index (χ0n) is 17.4. The predicted octanol–water partition coefficient (Wildman–Crippen LogP) is 1.39. The van der Waals surface area contributed by atoms with Gasteiger partial charge in [-0.1, -0.05) is 30.3 Å². The number of nitrogens with one attached hydrogen (secondary N) is 1. The van der Waals surface area contributed by atoms with E-state index in [0.29, 0.717) is 24.1 Å². The van der Waals surface area contributed by atoms with Crippen LogP contribution < -0.4 is 5.32 Å². The number of hydrogen-bond donors (Lipinski definition) is 1. The molecule has 1 fully saturated rings. The fraction of sp³-hybridized carbons (Fsp3) is 0.318. The van der Waals surface area contributed by atoms with Gasteiger partial charge in [0.25, 0.3) is 11.8 Å². The highest BCUT2D eigenvalue weighted by Crippen LogP contribution is 2.22. The number of amides is 4. The van der Waals surface area contributed by atoms with Gasteiger partial charge in [0.15, 0.2) is 0 Å². The van der Waals surface area contributed by atoms with Crippen molar-refractivity contribution in [2.75, 3.05) is 39.3 Å². The second kappa shape index (κ2) is 9.09. The minimum absolute atomic E-state index is 0.218. The number of hydrogen-bond acceptors (Lipinski definition) is 5. The molecule has 2 aromatic carbocycles. The number of carbonyl (C=O) groups is 3. The average molecular weight is 457 g/mol. The summed E-state index contributed by atoms with van der Waals surface area (Å²) in [6.07, 6.45) is 0.430. The molecular weight excluding hydrogens is 432 g/mol. The second-order valence-corrected chi connectivity index (χ2v) is 9.54. The Kier molecular flexibility index (Phi) is 6.24. The van der Waals surface area contributed by atoms with Gasteiger partial charge in [0.05, 0.1) is 16.0 Å². The van der Waals surface area contributed by atoms with Crippen molar-refractivity contribution in [3.05, 3.63) is 65.7 Å². The van der Waals surface area contributed by atoms with E-state index in [-0.39, 0.29) is 55.5 Å². The third kappa shape index (κ3) is 4.23. The van der Waals surface area contributed by atoms with Crippen molar-refractivity contribution >= 4 is 27.9 Å². The Morgan fingerprint density at radius 2 is 1.41 bits per heavy atom. The van der Waals surface area contributed by atoms with Crippen LogP contribution in [0.3, 0.4) is 0 Å². The molecule has 4 amide bonds. The molecule has 168 valence electrons. The molecule has 0 aromatic heterocycles. The van der Waals surface area contributed by atoms with Gasteiger partial charge in [-0.05, 0) is 30.7 Å². The van der Waals surface area contributed by atoms with Crippen LogP contribution in [0.2, 0.25) is 0 Å². The van der Waals surface area contributed by atoms with Gasteiger partial charge in [-0.25, -0.2) is 13.2 Å². The maximum Gasteiger partial charge on any atom is 0.317 e. The van der Waals surface area contributed by atoms with Gasteiger partial charge in [0, 0.05) is 39.3 Å². The van der Waals surface area contributed by atoms with Crippen LogP contribution >= 0.6 is 0 Å². The van der Waals surface area contributed by atoms with Crippen molar-refractivity contribution in [3.63, 3.8) is 0 Å². The van der Waals surface area contributed by atoms with Crippen molar-refractivity contribution in [3.8, 4) is 0 Å². The van der Waals surface area contributed by atoms with Gasteiger partial charge in [0.2, 0.25) is 10.0 Å². The first-order valence-electron chi connectivity index (χ1n) is 10.4. The van der Waals surface area contributed by atoms with Gasteiger partial charge < -0.3 is 10.2 Å². The van der Waals surface area contributed by atoms with Gasteiger partial charge in [-0.15, -0.1) is 0 Å². The van der Waals surface area contributed by atoms with Crippen LogP contribution in [0.4, 0.5) is 4.79 Å².